The molecule has 2 N–H and O–H groups in total. The summed E-state index contributed by atoms with van der Waals surface area (Å²) in [5, 5.41) is 12.0. The quantitative estimate of drug-likeness (QED) is 0.792. The van der Waals surface area contributed by atoms with Gasteiger partial charge in [-0.15, -0.1) is 0 Å². The van der Waals surface area contributed by atoms with Gasteiger partial charge in [0, 0.05) is 18.4 Å². The van der Waals surface area contributed by atoms with Crippen molar-refractivity contribution in [3.05, 3.63) is 36.0 Å². The lowest BCUT2D eigenvalue weighted by atomic mass is 10.1. The summed E-state index contributed by atoms with van der Waals surface area (Å²) >= 11 is 0. The molecule has 21 heavy (non-hydrogen) atoms. The molecule has 0 radical (unpaired) electrons. The second-order valence-corrected chi connectivity index (χ2v) is 4.47. The van der Waals surface area contributed by atoms with Crippen molar-refractivity contribution in [3.8, 4) is 5.75 Å². The summed E-state index contributed by atoms with van der Waals surface area (Å²) in [4.78, 5) is 27.0. The van der Waals surface area contributed by atoms with Crippen molar-refractivity contribution >= 4 is 22.8 Å². The number of aromatic nitrogens is 1. The van der Waals surface area contributed by atoms with E-state index in [9.17, 15) is 9.59 Å². The molecule has 0 saturated heterocycles. The molecule has 0 bridgehead atoms. The Bertz CT molecular complexity index is 670. The van der Waals surface area contributed by atoms with E-state index >= 15 is 0 Å². The molecule has 110 valence electrons. The fourth-order valence-corrected chi connectivity index (χ4v) is 2.04. The number of hydrogen-bond donors (Lipinski definition) is 2. The maximum absolute atomic E-state index is 12.3. The first-order chi connectivity index (χ1) is 10.1. The molecule has 0 aliphatic heterocycles. The standard InChI is InChI=1S/C15H16N2O4/c1-21-12-9-17-11-6-3-2-5-10(11)14(12)15(20)16-8-4-7-13(18)19/h2-3,5-6,9H,4,7-8H2,1H3,(H,16,20)(H,18,19). The van der Waals surface area contributed by atoms with Gasteiger partial charge in [-0.3, -0.25) is 14.6 Å². The third kappa shape index (κ3) is 3.47. The van der Waals surface area contributed by atoms with Crippen LogP contribution < -0.4 is 10.1 Å². The van der Waals surface area contributed by atoms with Gasteiger partial charge in [0.05, 0.1) is 24.4 Å². The highest BCUT2D eigenvalue weighted by Crippen LogP contribution is 2.25. The zero-order valence-electron chi connectivity index (χ0n) is 11.6. The Labute approximate surface area is 121 Å². The number of para-hydroxylation sites is 1. The Hall–Kier alpha value is -2.63. The van der Waals surface area contributed by atoms with Crippen LogP contribution in [0.25, 0.3) is 10.9 Å². The third-order valence-corrected chi connectivity index (χ3v) is 3.04. The normalized spacial score (nSPS) is 10.3. The predicted octanol–water partition coefficient (Wildman–Crippen LogP) is 1.84. The summed E-state index contributed by atoms with van der Waals surface area (Å²) < 4.78 is 5.20. The Balaban J connectivity index is 2.22. The first-order valence-corrected chi connectivity index (χ1v) is 6.55. The smallest absolute Gasteiger partial charge is 0.303 e. The number of fused-ring (bicyclic) bond motifs is 1. The lowest BCUT2D eigenvalue weighted by molar-refractivity contribution is -0.137. The van der Waals surface area contributed by atoms with E-state index in [0.717, 1.165) is 0 Å². The number of pyridine rings is 1. The molecule has 0 fully saturated rings. The molecule has 2 aromatic rings. The summed E-state index contributed by atoms with van der Waals surface area (Å²) in [6.07, 6.45) is 1.91. The SMILES string of the molecule is COc1cnc2ccccc2c1C(=O)NCCCC(=O)O. The zero-order valence-corrected chi connectivity index (χ0v) is 11.6. The first kappa shape index (κ1) is 14.8. The second kappa shape index (κ2) is 6.69. The van der Waals surface area contributed by atoms with Gasteiger partial charge in [-0.05, 0) is 12.5 Å². The number of methoxy groups -OCH3 is 1. The fourth-order valence-electron chi connectivity index (χ4n) is 2.04. The number of nitrogens with zero attached hydrogens (tertiary/aromatic N) is 1. The number of hydrogen-bond acceptors (Lipinski definition) is 4. The number of ether oxygens (including phenoxy) is 1. The minimum Gasteiger partial charge on any atom is -0.494 e. The van der Waals surface area contributed by atoms with E-state index in [1.807, 2.05) is 18.2 Å². The van der Waals surface area contributed by atoms with Crippen molar-refractivity contribution in [1.29, 1.82) is 0 Å². The number of benzene rings is 1. The van der Waals surface area contributed by atoms with Gasteiger partial charge < -0.3 is 15.2 Å². The van der Waals surface area contributed by atoms with Crippen LogP contribution in [0.2, 0.25) is 0 Å². The van der Waals surface area contributed by atoms with Crippen molar-refractivity contribution in [3.63, 3.8) is 0 Å². The molecule has 2 rings (SSSR count). The van der Waals surface area contributed by atoms with Crippen molar-refractivity contribution in [2.75, 3.05) is 13.7 Å². The highest BCUT2D eigenvalue weighted by molar-refractivity contribution is 6.08. The summed E-state index contributed by atoms with van der Waals surface area (Å²) in [6, 6.07) is 7.29. The van der Waals surface area contributed by atoms with Gasteiger partial charge in [0.15, 0.2) is 5.75 Å². The maximum Gasteiger partial charge on any atom is 0.303 e. The molecule has 0 spiro atoms. The minimum atomic E-state index is -0.879. The predicted molar refractivity (Wildman–Crippen MR) is 77.5 cm³/mol. The van der Waals surface area contributed by atoms with Gasteiger partial charge in [-0.2, -0.15) is 0 Å². The molecule has 0 aliphatic carbocycles. The van der Waals surface area contributed by atoms with Gasteiger partial charge in [-0.25, -0.2) is 0 Å². The molecule has 6 heteroatoms. The zero-order chi connectivity index (χ0) is 15.2. The van der Waals surface area contributed by atoms with Crippen LogP contribution in [0.15, 0.2) is 30.5 Å². The van der Waals surface area contributed by atoms with E-state index in [4.69, 9.17) is 9.84 Å². The highest BCUT2D eigenvalue weighted by atomic mass is 16.5. The number of rotatable bonds is 6. The number of carboxylic acid groups (broad SMARTS) is 1. The van der Waals surface area contributed by atoms with Crippen molar-refractivity contribution in [1.82, 2.24) is 10.3 Å². The van der Waals surface area contributed by atoms with E-state index in [0.29, 0.717) is 35.2 Å². The van der Waals surface area contributed by atoms with Crippen molar-refractivity contribution in [2.45, 2.75) is 12.8 Å². The van der Waals surface area contributed by atoms with Crippen LogP contribution in [0.1, 0.15) is 23.2 Å². The molecule has 1 aromatic heterocycles. The van der Waals surface area contributed by atoms with Crippen LogP contribution in [-0.4, -0.2) is 35.6 Å². The molecule has 0 aliphatic rings. The molecular weight excluding hydrogens is 272 g/mol. The summed E-state index contributed by atoms with van der Waals surface area (Å²) in [5.74, 6) is -0.781. The van der Waals surface area contributed by atoms with E-state index in [1.165, 1.54) is 13.3 Å². The van der Waals surface area contributed by atoms with Crippen molar-refractivity contribution < 1.29 is 19.4 Å². The number of carbonyl (C=O) groups is 2. The summed E-state index contributed by atoms with van der Waals surface area (Å²) in [6.45, 7) is 0.297. The van der Waals surface area contributed by atoms with E-state index < -0.39 is 5.97 Å². The molecule has 0 unspecified atom stereocenters. The Morgan fingerprint density at radius 3 is 2.81 bits per heavy atom. The average Bonchev–Trinajstić information content (AvgIpc) is 2.49. The molecule has 0 atom stereocenters. The topological polar surface area (TPSA) is 88.5 Å². The minimum absolute atomic E-state index is 0.0223. The fraction of sp³-hybridized carbons (Fsp3) is 0.267. The molecular formula is C15H16N2O4. The van der Waals surface area contributed by atoms with E-state index in [-0.39, 0.29) is 12.3 Å². The van der Waals surface area contributed by atoms with Crippen LogP contribution in [0.4, 0.5) is 0 Å². The molecule has 1 heterocycles. The second-order valence-electron chi connectivity index (χ2n) is 4.47. The van der Waals surface area contributed by atoms with Crippen LogP contribution in [0.3, 0.4) is 0 Å². The van der Waals surface area contributed by atoms with E-state index in [1.54, 1.807) is 6.07 Å². The summed E-state index contributed by atoms with van der Waals surface area (Å²) in [5.41, 5.74) is 1.12. The molecule has 0 saturated carbocycles. The number of amides is 1. The first-order valence-electron chi connectivity index (χ1n) is 6.55. The van der Waals surface area contributed by atoms with Crippen molar-refractivity contribution in [2.24, 2.45) is 0 Å². The highest BCUT2D eigenvalue weighted by Gasteiger charge is 2.16. The maximum atomic E-state index is 12.3. The molecule has 6 nitrogen and oxygen atoms in total. The Morgan fingerprint density at radius 2 is 2.10 bits per heavy atom. The number of aliphatic carboxylic acids is 1. The monoisotopic (exact) mass is 288 g/mol. The van der Waals surface area contributed by atoms with Crippen LogP contribution in [0.5, 0.6) is 5.75 Å². The number of carbonyl (C=O) groups excluding carboxylic acids is 1. The molecule has 1 aromatic carbocycles. The Morgan fingerprint density at radius 1 is 1.33 bits per heavy atom. The van der Waals surface area contributed by atoms with Gasteiger partial charge in [0.1, 0.15) is 0 Å². The van der Waals surface area contributed by atoms with Gasteiger partial charge in [0.25, 0.3) is 5.91 Å². The number of nitrogens with one attached hydrogen (secondary N) is 1. The third-order valence-electron chi connectivity index (χ3n) is 3.04. The summed E-state index contributed by atoms with van der Waals surface area (Å²) in [7, 11) is 1.48. The van der Waals surface area contributed by atoms with Crippen LogP contribution in [-0.2, 0) is 4.79 Å². The lowest BCUT2D eigenvalue weighted by Gasteiger charge is -2.11. The van der Waals surface area contributed by atoms with E-state index in [2.05, 4.69) is 10.3 Å². The largest absolute Gasteiger partial charge is 0.494 e. The lowest BCUT2D eigenvalue weighted by Crippen LogP contribution is -2.25. The average molecular weight is 288 g/mol. The van der Waals surface area contributed by atoms with Gasteiger partial charge in [0.2, 0.25) is 0 Å². The van der Waals surface area contributed by atoms with Gasteiger partial charge in [-0.1, -0.05) is 18.2 Å². The van der Waals surface area contributed by atoms with Gasteiger partial charge >= 0.3 is 5.97 Å². The molecule has 1 amide bonds. The van der Waals surface area contributed by atoms with Crippen LogP contribution in [0, 0.1) is 0 Å². The van der Waals surface area contributed by atoms with Crippen LogP contribution >= 0.6 is 0 Å². The Kier molecular flexibility index (Phi) is 4.71. The number of carboxylic acids is 1.